The van der Waals surface area contributed by atoms with Crippen molar-refractivity contribution in [2.45, 2.75) is 65.5 Å². The first-order valence-corrected chi connectivity index (χ1v) is 8.24. The SMILES string of the molecule is CCOC(=O)C1CCN(C(C)C(=O)NC(CC)CC)CC1. The van der Waals surface area contributed by atoms with Gasteiger partial charge < -0.3 is 10.1 Å². The number of esters is 1. The number of likely N-dealkylation sites (tertiary alicyclic amines) is 1. The van der Waals surface area contributed by atoms with E-state index in [-0.39, 0.29) is 29.9 Å². The van der Waals surface area contributed by atoms with Crippen LogP contribution in [0.25, 0.3) is 0 Å². The highest BCUT2D eigenvalue weighted by atomic mass is 16.5. The number of ether oxygens (including phenoxy) is 1. The van der Waals surface area contributed by atoms with Crippen LogP contribution < -0.4 is 5.32 Å². The molecule has 0 radical (unpaired) electrons. The number of nitrogens with one attached hydrogen (secondary N) is 1. The fourth-order valence-electron chi connectivity index (χ4n) is 2.76. The highest BCUT2D eigenvalue weighted by Gasteiger charge is 2.30. The van der Waals surface area contributed by atoms with Gasteiger partial charge in [0.25, 0.3) is 0 Å². The summed E-state index contributed by atoms with van der Waals surface area (Å²) in [4.78, 5) is 26.1. The molecule has 122 valence electrons. The van der Waals surface area contributed by atoms with Crippen molar-refractivity contribution in [2.24, 2.45) is 5.92 Å². The van der Waals surface area contributed by atoms with Gasteiger partial charge >= 0.3 is 5.97 Å². The Balaban J connectivity index is 2.42. The lowest BCUT2D eigenvalue weighted by Gasteiger charge is -2.35. The van der Waals surface area contributed by atoms with Gasteiger partial charge in [0.1, 0.15) is 0 Å². The molecule has 0 bridgehead atoms. The molecule has 0 saturated carbocycles. The molecule has 1 heterocycles. The quantitative estimate of drug-likeness (QED) is 0.730. The average molecular weight is 298 g/mol. The van der Waals surface area contributed by atoms with Crippen molar-refractivity contribution >= 4 is 11.9 Å². The molecule has 0 spiro atoms. The zero-order chi connectivity index (χ0) is 15.8. The molecule has 0 aromatic carbocycles. The molecule has 1 aliphatic rings. The second-order valence-corrected chi connectivity index (χ2v) is 5.76. The van der Waals surface area contributed by atoms with Gasteiger partial charge in [-0.2, -0.15) is 0 Å². The van der Waals surface area contributed by atoms with Crippen LogP contribution in [0.3, 0.4) is 0 Å². The second kappa shape index (κ2) is 9.03. The zero-order valence-corrected chi connectivity index (χ0v) is 13.9. The predicted octanol–water partition coefficient (Wildman–Crippen LogP) is 1.95. The van der Waals surface area contributed by atoms with Crippen LogP contribution in [0.5, 0.6) is 0 Å². The lowest BCUT2D eigenvalue weighted by atomic mass is 9.96. The van der Waals surface area contributed by atoms with Gasteiger partial charge in [-0.15, -0.1) is 0 Å². The minimum atomic E-state index is -0.131. The van der Waals surface area contributed by atoms with Crippen molar-refractivity contribution in [3.63, 3.8) is 0 Å². The molecule has 1 fully saturated rings. The first-order chi connectivity index (χ1) is 10.0. The summed E-state index contributed by atoms with van der Waals surface area (Å²) in [6.45, 7) is 9.95. The van der Waals surface area contributed by atoms with E-state index in [9.17, 15) is 9.59 Å². The lowest BCUT2D eigenvalue weighted by molar-refractivity contribution is -0.149. The van der Waals surface area contributed by atoms with Crippen LogP contribution in [0.1, 0.15) is 53.4 Å². The Morgan fingerprint density at radius 3 is 2.24 bits per heavy atom. The fourth-order valence-corrected chi connectivity index (χ4v) is 2.76. The number of piperidine rings is 1. The van der Waals surface area contributed by atoms with Crippen LogP contribution in [-0.4, -0.2) is 48.6 Å². The maximum Gasteiger partial charge on any atom is 0.309 e. The van der Waals surface area contributed by atoms with E-state index in [1.165, 1.54) is 0 Å². The summed E-state index contributed by atoms with van der Waals surface area (Å²) >= 11 is 0. The number of nitrogens with zero attached hydrogens (tertiary/aromatic N) is 1. The van der Waals surface area contributed by atoms with Crippen molar-refractivity contribution in [3.8, 4) is 0 Å². The van der Waals surface area contributed by atoms with Crippen molar-refractivity contribution in [1.29, 1.82) is 0 Å². The molecule has 1 atom stereocenters. The first-order valence-electron chi connectivity index (χ1n) is 8.24. The smallest absolute Gasteiger partial charge is 0.309 e. The van der Waals surface area contributed by atoms with Gasteiger partial charge in [-0.05, 0) is 52.6 Å². The molecule has 1 aliphatic heterocycles. The summed E-state index contributed by atoms with van der Waals surface area (Å²) in [5.74, 6) is 0.0000580. The van der Waals surface area contributed by atoms with E-state index in [0.29, 0.717) is 6.61 Å². The van der Waals surface area contributed by atoms with E-state index in [0.717, 1.165) is 38.8 Å². The molecule has 1 unspecified atom stereocenters. The third-order valence-corrected chi connectivity index (χ3v) is 4.41. The Bertz CT molecular complexity index is 334. The molecule has 1 N–H and O–H groups in total. The largest absolute Gasteiger partial charge is 0.466 e. The van der Waals surface area contributed by atoms with Gasteiger partial charge in [0, 0.05) is 6.04 Å². The van der Waals surface area contributed by atoms with Crippen LogP contribution in [0, 0.1) is 5.92 Å². The van der Waals surface area contributed by atoms with Gasteiger partial charge in [-0.3, -0.25) is 14.5 Å². The van der Waals surface area contributed by atoms with Crippen molar-refractivity contribution in [3.05, 3.63) is 0 Å². The van der Waals surface area contributed by atoms with Crippen LogP contribution in [0.2, 0.25) is 0 Å². The maximum atomic E-state index is 12.2. The van der Waals surface area contributed by atoms with Gasteiger partial charge in [-0.25, -0.2) is 0 Å². The van der Waals surface area contributed by atoms with Crippen molar-refractivity contribution in [1.82, 2.24) is 10.2 Å². The van der Waals surface area contributed by atoms with E-state index in [4.69, 9.17) is 4.74 Å². The Hall–Kier alpha value is -1.10. The third kappa shape index (κ3) is 5.30. The van der Waals surface area contributed by atoms with E-state index in [1.54, 1.807) is 0 Å². The molecule has 1 saturated heterocycles. The zero-order valence-electron chi connectivity index (χ0n) is 13.9. The number of rotatable bonds is 7. The molecular formula is C16H30N2O3. The summed E-state index contributed by atoms with van der Waals surface area (Å²) in [5.41, 5.74) is 0. The Morgan fingerprint density at radius 1 is 1.19 bits per heavy atom. The molecule has 0 aromatic rings. The monoisotopic (exact) mass is 298 g/mol. The molecule has 1 amide bonds. The van der Waals surface area contributed by atoms with Crippen molar-refractivity contribution in [2.75, 3.05) is 19.7 Å². The van der Waals surface area contributed by atoms with E-state index in [2.05, 4.69) is 24.1 Å². The third-order valence-electron chi connectivity index (χ3n) is 4.41. The number of hydrogen-bond donors (Lipinski definition) is 1. The minimum absolute atomic E-state index is 0.00417. The second-order valence-electron chi connectivity index (χ2n) is 5.76. The number of amides is 1. The summed E-state index contributed by atoms with van der Waals surface area (Å²) in [6.07, 6.45) is 3.47. The minimum Gasteiger partial charge on any atom is -0.466 e. The first kappa shape index (κ1) is 18.0. The van der Waals surface area contributed by atoms with Gasteiger partial charge in [0.15, 0.2) is 0 Å². The summed E-state index contributed by atoms with van der Waals surface area (Å²) in [5, 5.41) is 3.10. The number of hydrogen-bond acceptors (Lipinski definition) is 4. The normalized spacial score (nSPS) is 18.5. The molecule has 1 rings (SSSR count). The lowest BCUT2D eigenvalue weighted by Crippen LogP contribution is -2.51. The Morgan fingerprint density at radius 2 is 1.76 bits per heavy atom. The highest BCUT2D eigenvalue weighted by Crippen LogP contribution is 2.20. The standard InChI is InChI=1S/C16H30N2O3/c1-5-14(6-2)17-15(19)12(4)18-10-8-13(9-11-18)16(20)21-7-3/h12-14H,5-11H2,1-4H3,(H,17,19). The Labute approximate surface area is 128 Å². The highest BCUT2D eigenvalue weighted by molar-refractivity contribution is 5.81. The summed E-state index contributed by atoms with van der Waals surface area (Å²) in [6, 6.07) is 0.130. The average Bonchev–Trinajstić information content (AvgIpc) is 2.52. The van der Waals surface area contributed by atoms with E-state index >= 15 is 0 Å². The summed E-state index contributed by atoms with van der Waals surface area (Å²) < 4.78 is 5.07. The van der Waals surface area contributed by atoms with Gasteiger partial charge in [0.05, 0.1) is 18.6 Å². The van der Waals surface area contributed by atoms with Crippen LogP contribution in [0.4, 0.5) is 0 Å². The van der Waals surface area contributed by atoms with Crippen LogP contribution in [-0.2, 0) is 14.3 Å². The predicted molar refractivity (Wildman–Crippen MR) is 82.9 cm³/mol. The van der Waals surface area contributed by atoms with Crippen molar-refractivity contribution < 1.29 is 14.3 Å². The van der Waals surface area contributed by atoms with E-state index in [1.807, 2.05) is 13.8 Å². The molecule has 5 heteroatoms. The number of carbonyl (C=O) groups is 2. The molecule has 21 heavy (non-hydrogen) atoms. The number of carbonyl (C=O) groups excluding carboxylic acids is 2. The van der Waals surface area contributed by atoms with Crippen LogP contribution >= 0.6 is 0 Å². The van der Waals surface area contributed by atoms with E-state index < -0.39 is 0 Å². The molecular weight excluding hydrogens is 268 g/mol. The maximum absolute atomic E-state index is 12.2. The molecule has 0 aromatic heterocycles. The Kier molecular flexibility index (Phi) is 7.72. The molecule has 0 aliphatic carbocycles. The summed E-state index contributed by atoms with van der Waals surface area (Å²) in [7, 11) is 0. The fraction of sp³-hybridized carbons (Fsp3) is 0.875. The van der Waals surface area contributed by atoms with Crippen LogP contribution in [0.15, 0.2) is 0 Å². The topological polar surface area (TPSA) is 58.6 Å². The molecule has 5 nitrogen and oxygen atoms in total. The van der Waals surface area contributed by atoms with Gasteiger partial charge in [-0.1, -0.05) is 13.8 Å². The van der Waals surface area contributed by atoms with Gasteiger partial charge in [0.2, 0.25) is 5.91 Å².